The SMILES string of the molecule is CCC(COC)NC(=O)c1cc(N)cc(Cl)c1. The Morgan fingerprint density at radius 2 is 2.24 bits per heavy atom. The molecule has 3 N–H and O–H groups in total. The molecule has 94 valence electrons. The number of carbonyl (C=O) groups is 1. The summed E-state index contributed by atoms with van der Waals surface area (Å²) < 4.78 is 5.01. The Morgan fingerprint density at radius 1 is 1.53 bits per heavy atom. The number of anilines is 1. The van der Waals surface area contributed by atoms with Gasteiger partial charge in [0.15, 0.2) is 0 Å². The lowest BCUT2D eigenvalue weighted by molar-refractivity contribution is 0.0894. The van der Waals surface area contributed by atoms with Gasteiger partial charge in [0.1, 0.15) is 0 Å². The van der Waals surface area contributed by atoms with E-state index in [1.165, 1.54) is 0 Å². The molecule has 17 heavy (non-hydrogen) atoms. The van der Waals surface area contributed by atoms with E-state index in [0.717, 1.165) is 6.42 Å². The zero-order valence-corrected chi connectivity index (χ0v) is 10.8. The maximum absolute atomic E-state index is 11.9. The van der Waals surface area contributed by atoms with E-state index in [1.54, 1.807) is 25.3 Å². The summed E-state index contributed by atoms with van der Waals surface area (Å²) in [5.41, 5.74) is 6.57. The first kappa shape index (κ1) is 13.8. The summed E-state index contributed by atoms with van der Waals surface area (Å²) >= 11 is 5.84. The fraction of sp³-hybridized carbons (Fsp3) is 0.417. The number of ether oxygens (including phenoxy) is 1. The van der Waals surface area contributed by atoms with Crippen LogP contribution in [0.15, 0.2) is 18.2 Å². The van der Waals surface area contributed by atoms with Crippen molar-refractivity contribution < 1.29 is 9.53 Å². The first-order valence-electron chi connectivity index (χ1n) is 5.42. The van der Waals surface area contributed by atoms with E-state index in [1.807, 2.05) is 6.92 Å². The molecule has 0 aliphatic rings. The van der Waals surface area contributed by atoms with Crippen LogP contribution in [0.4, 0.5) is 5.69 Å². The normalized spacial score (nSPS) is 12.2. The van der Waals surface area contributed by atoms with Gasteiger partial charge in [-0.2, -0.15) is 0 Å². The number of hydrogen-bond acceptors (Lipinski definition) is 3. The number of halogens is 1. The van der Waals surface area contributed by atoms with Gasteiger partial charge in [-0.15, -0.1) is 0 Å². The summed E-state index contributed by atoms with van der Waals surface area (Å²) in [7, 11) is 1.60. The van der Waals surface area contributed by atoms with E-state index in [9.17, 15) is 4.79 Å². The van der Waals surface area contributed by atoms with Crippen LogP contribution in [0.3, 0.4) is 0 Å². The van der Waals surface area contributed by atoms with E-state index in [0.29, 0.717) is 22.9 Å². The molecule has 1 rings (SSSR count). The molecule has 0 radical (unpaired) electrons. The predicted molar refractivity (Wildman–Crippen MR) is 69.3 cm³/mol. The van der Waals surface area contributed by atoms with E-state index < -0.39 is 0 Å². The molecule has 0 saturated heterocycles. The summed E-state index contributed by atoms with van der Waals surface area (Å²) in [6.07, 6.45) is 0.801. The number of carbonyl (C=O) groups excluding carboxylic acids is 1. The number of nitrogen functional groups attached to an aromatic ring is 1. The second kappa shape index (κ2) is 6.47. The average molecular weight is 257 g/mol. The summed E-state index contributed by atoms with van der Waals surface area (Å²) in [5, 5.41) is 3.31. The van der Waals surface area contributed by atoms with Crippen molar-refractivity contribution in [2.45, 2.75) is 19.4 Å². The van der Waals surface area contributed by atoms with Crippen molar-refractivity contribution in [2.75, 3.05) is 19.5 Å². The standard InChI is InChI=1S/C12H17ClN2O2/c1-3-11(7-17-2)15-12(16)8-4-9(13)6-10(14)5-8/h4-6,11H,3,7,14H2,1-2H3,(H,15,16). The number of hydrogen-bond donors (Lipinski definition) is 2. The highest BCUT2D eigenvalue weighted by Crippen LogP contribution is 2.16. The molecule has 5 heteroatoms. The molecule has 0 bridgehead atoms. The van der Waals surface area contributed by atoms with Crippen LogP contribution in [-0.4, -0.2) is 25.7 Å². The van der Waals surface area contributed by atoms with Crippen molar-refractivity contribution in [3.8, 4) is 0 Å². The van der Waals surface area contributed by atoms with Crippen molar-refractivity contribution in [3.63, 3.8) is 0 Å². The molecule has 4 nitrogen and oxygen atoms in total. The molecule has 0 spiro atoms. The third-order valence-electron chi connectivity index (χ3n) is 2.38. The van der Waals surface area contributed by atoms with Crippen molar-refractivity contribution in [3.05, 3.63) is 28.8 Å². The van der Waals surface area contributed by atoms with Crippen molar-refractivity contribution in [1.82, 2.24) is 5.32 Å². The number of benzene rings is 1. The van der Waals surface area contributed by atoms with Gasteiger partial charge in [-0.1, -0.05) is 18.5 Å². The second-order valence-electron chi connectivity index (χ2n) is 3.81. The minimum Gasteiger partial charge on any atom is -0.399 e. The van der Waals surface area contributed by atoms with Crippen molar-refractivity contribution in [2.24, 2.45) is 0 Å². The summed E-state index contributed by atoms with van der Waals surface area (Å²) in [5.74, 6) is -0.192. The Balaban J connectivity index is 2.75. The van der Waals surface area contributed by atoms with Crippen LogP contribution in [0.2, 0.25) is 5.02 Å². The Hall–Kier alpha value is -1.26. The summed E-state index contributed by atoms with van der Waals surface area (Å²) in [4.78, 5) is 11.9. The molecule has 0 aromatic heterocycles. The minimum absolute atomic E-state index is 0.00675. The molecular weight excluding hydrogens is 240 g/mol. The third-order valence-corrected chi connectivity index (χ3v) is 2.60. The predicted octanol–water partition coefficient (Wildman–Crippen LogP) is 2.08. The molecule has 1 aromatic rings. The average Bonchev–Trinajstić information content (AvgIpc) is 2.27. The van der Waals surface area contributed by atoms with Crippen LogP contribution in [0, 0.1) is 0 Å². The largest absolute Gasteiger partial charge is 0.399 e. The van der Waals surface area contributed by atoms with E-state index in [4.69, 9.17) is 22.1 Å². The van der Waals surface area contributed by atoms with Gasteiger partial charge in [-0.05, 0) is 24.6 Å². The highest BCUT2D eigenvalue weighted by Gasteiger charge is 2.12. The number of nitrogens with one attached hydrogen (secondary N) is 1. The monoisotopic (exact) mass is 256 g/mol. The number of methoxy groups -OCH3 is 1. The fourth-order valence-electron chi connectivity index (χ4n) is 1.47. The Kier molecular flexibility index (Phi) is 5.25. The van der Waals surface area contributed by atoms with Gasteiger partial charge in [-0.25, -0.2) is 0 Å². The maximum Gasteiger partial charge on any atom is 0.251 e. The summed E-state index contributed by atoms with van der Waals surface area (Å²) in [6.45, 7) is 2.47. The van der Waals surface area contributed by atoms with Gasteiger partial charge in [0, 0.05) is 23.4 Å². The van der Waals surface area contributed by atoms with Gasteiger partial charge in [0.05, 0.1) is 12.6 Å². The van der Waals surface area contributed by atoms with Crippen LogP contribution >= 0.6 is 11.6 Å². The van der Waals surface area contributed by atoms with Crippen molar-refractivity contribution in [1.29, 1.82) is 0 Å². The molecule has 0 aliphatic heterocycles. The summed E-state index contributed by atoms with van der Waals surface area (Å²) in [6, 6.07) is 4.78. The minimum atomic E-state index is -0.192. The zero-order valence-electron chi connectivity index (χ0n) is 10.00. The number of rotatable bonds is 5. The molecule has 0 saturated carbocycles. The lowest BCUT2D eigenvalue weighted by Crippen LogP contribution is -2.37. The van der Waals surface area contributed by atoms with E-state index in [2.05, 4.69) is 5.32 Å². The van der Waals surface area contributed by atoms with Crippen molar-refractivity contribution >= 4 is 23.2 Å². The van der Waals surface area contributed by atoms with Crippen LogP contribution in [0.5, 0.6) is 0 Å². The fourth-order valence-corrected chi connectivity index (χ4v) is 1.72. The Morgan fingerprint density at radius 3 is 2.76 bits per heavy atom. The Labute approximate surface area is 106 Å². The van der Waals surface area contributed by atoms with E-state index in [-0.39, 0.29) is 11.9 Å². The number of amides is 1. The topological polar surface area (TPSA) is 64.3 Å². The van der Waals surface area contributed by atoms with Crippen LogP contribution in [0.1, 0.15) is 23.7 Å². The Bertz CT molecular complexity index is 376. The lowest BCUT2D eigenvalue weighted by atomic mass is 10.1. The first-order valence-corrected chi connectivity index (χ1v) is 5.80. The molecular formula is C12H17ClN2O2. The van der Waals surface area contributed by atoms with Gasteiger partial charge < -0.3 is 15.8 Å². The lowest BCUT2D eigenvalue weighted by Gasteiger charge is -2.16. The highest BCUT2D eigenvalue weighted by atomic mass is 35.5. The zero-order chi connectivity index (χ0) is 12.8. The van der Waals surface area contributed by atoms with Gasteiger partial charge in [0.2, 0.25) is 0 Å². The van der Waals surface area contributed by atoms with Gasteiger partial charge in [0.25, 0.3) is 5.91 Å². The molecule has 0 fully saturated rings. The highest BCUT2D eigenvalue weighted by molar-refractivity contribution is 6.31. The van der Waals surface area contributed by atoms with Crippen LogP contribution in [0.25, 0.3) is 0 Å². The quantitative estimate of drug-likeness (QED) is 0.793. The third kappa shape index (κ3) is 4.24. The maximum atomic E-state index is 11.9. The molecule has 1 aromatic carbocycles. The van der Waals surface area contributed by atoms with Gasteiger partial charge >= 0.3 is 0 Å². The number of nitrogens with two attached hydrogens (primary N) is 1. The molecule has 1 atom stereocenters. The second-order valence-corrected chi connectivity index (χ2v) is 4.24. The van der Waals surface area contributed by atoms with E-state index >= 15 is 0 Å². The molecule has 0 aliphatic carbocycles. The van der Waals surface area contributed by atoms with Crippen LogP contribution < -0.4 is 11.1 Å². The smallest absolute Gasteiger partial charge is 0.251 e. The molecule has 1 amide bonds. The van der Waals surface area contributed by atoms with Crippen LogP contribution in [-0.2, 0) is 4.74 Å². The first-order chi connectivity index (χ1) is 8.06. The molecule has 1 unspecified atom stereocenters. The molecule has 0 heterocycles. The van der Waals surface area contributed by atoms with Gasteiger partial charge in [-0.3, -0.25) is 4.79 Å².